The predicted molar refractivity (Wildman–Crippen MR) is 120 cm³/mol. The number of halogens is 1. The molecule has 1 nitrogen and oxygen atoms in total. The number of benzene rings is 3. The molecule has 4 aromatic rings. The highest BCUT2D eigenvalue weighted by molar-refractivity contribution is 9.10. The van der Waals surface area contributed by atoms with E-state index in [-0.39, 0.29) is 0 Å². The molecule has 1 atom stereocenters. The molecule has 0 radical (unpaired) electrons. The second-order valence-corrected chi connectivity index (χ2v) is 8.41. The molecule has 0 saturated carbocycles. The van der Waals surface area contributed by atoms with E-state index in [1.165, 1.54) is 38.4 Å². The number of rotatable bonds is 1. The lowest BCUT2D eigenvalue weighted by Crippen LogP contribution is -2.09. The van der Waals surface area contributed by atoms with E-state index in [4.69, 9.17) is 4.42 Å². The average molecular weight is 425 g/mol. The molecule has 1 unspecified atom stereocenters. The second kappa shape index (κ2) is 6.08. The molecule has 1 aromatic heterocycles. The summed E-state index contributed by atoms with van der Waals surface area (Å²) in [6.07, 6.45) is 12.0. The Morgan fingerprint density at radius 3 is 2.68 bits per heavy atom. The lowest BCUT2D eigenvalue weighted by molar-refractivity contribution is 0.522. The summed E-state index contributed by atoms with van der Waals surface area (Å²) in [5.74, 6) is 1.51. The molecule has 0 fully saturated rings. The number of furan rings is 1. The van der Waals surface area contributed by atoms with Gasteiger partial charge in [-0.2, -0.15) is 0 Å². The van der Waals surface area contributed by atoms with Gasteiger partial charge in [0.15, 0.2) is 0 Å². The summed E-state index contributed by atoms with van der Waals surface area (Å²) >= 11 is 3.55. The van der Waals surface area contributed by atoms with Crippen LogP contribution in [0, 0.1) is 5.92 Å². The maximum atomic E-state index is 6.55. The third kappa shape index (κ3) is 2.38. The molecule has 0 bridgehead atoms. The SMILES string of the molecule is Brc1ccc(-c2c3ccccc3cc3c4c(oc23)CC2C=CC=CC2=C4)cc1. The normalized spacial score (nSPS) is 17.6. The minimum atomic E-state index is 0.420. The highest BCUT2D eigenvalue weighted by atomic mass is 79.9. The van der Waals surface area contributed by atoms with Gasteiger partial charge in [-0.15, -0.1) is 0 Å². The van der Waals surface area contributed by atoms with Gasteiger partial charge in [0, 0.05) is 33.3 Å². The minimum absolute atomic E-state index is 0.420. The third-order valence-electron chi connectivity index (χ3n) is 5.84. The van der Waals surface area contributed by atoms with Crippen LogP contribution in [0.5, 0.6) is 0 Å². The van der Waals surface area contributed by atoms with Gasteiger partial charge < -0.3 is 4.42 Å². The topological polar surface area (TPSA) is 13.1 Å². The van der Waals surface area contributed by atoms with E-state index in [0.29, 0.717) is 5.92 Å². The maximum Gasteiger partial charge on any atom is 0.143 e. The monoisotopic (exact) mass is 424 g/mol. The maximum absolute atomic E-state index is 6.55. The van der Waals surface area contributed by atoms with Crippen LogP contribution in [0.25, 0.3) is 38.9 Å². The van der Waals surface area contributed by atoms with Crippen molar-refractivity contribution < 1.29 is 4.42 Å². The lowest BCUT2D eigenvalue weighted by atomic mass is 9.83. The Balaban J connectivity index is 1.71. The molecule has 28 heavy (non-hydrogen) atoms. The van der Waals surface area contributed by atoms with Gasteiger partial charge in [-0.25, -0.2) is 0 Å². The molecule has 0 aliphatic heterocycles. The van der Waals surface area contributed by atoms with Crippen molar-refractivity contribution in [3.8, 4) is 11.1 Å². The van der Waals surface area contributed by atoms with Crippen LogP contribution in [-0.2, 0) is 6.42 Å². The number of allylic oxidation sites excluding steroid dienone is 5. The Labute approximate surface area is 171 Å². The zero-order chi connectivity index (χ0) is 18.7. The van der Waals surface area contributed by atoms with Crippen LogP contribution < -0.4 is 0 Å². The Morgan fingerprint density at radius 1 is 0.929 bits per heavy atom. The van der Waals surface area contributed by atoms with Gasteiger partial charge >= 0.3 is 0 Å². The van der Waals surface area contributed by atoms with Crippen molar-refractivity contribution in [1.82, 2.24) is 0 Å². The zero-order valence-corrected chi connectivity index (χ0v) is 16.7. The molecular weight excluding hydrogens is 408 g/mol. The van der Waals surface area contributed by atoms with Crippen molar-refractivity contribution in [2.45, 2.75) is 6.42 Å². The van der Waals surface area contributed by atoms with E-state index in [9.17, 15) is 0 Å². The smallest absolute Gasteiger partial charge is 0.143 e. The quantitative estimate of drug-likeness (QED) is 0.305. The Bertz CT molecular complexity index is 1330. The summed E-state index contributed by atoms with van der Waals surface area (Å²) in [6, 6.07) is 19.4. The van der Waals surface area contributed by atoms with E-state index in [1.807, 2.05) is 0 Å². The lowest BCUT2D eigenvalue weighted by Gasteiger charge is -2.20. The molecule has 2 aliphatic rings. The van der Waals surface area contributed by atoms with Crippen LogP contribution >= 0.6 is 15.9 Å². The Morgan fingerprint density at radius 2 is 1.79 bits per heavy atom. The summed E-state index contributed by atoms with van der Waals surface area (Å²) in [4.78, 5) is 0. The molecule has 6 rings (SSSR count). The van der Waals surface area contributed by atoms with Crippen molar-refractivity contribution in [1.29, 1.82) is 0 Å². The van der Waals surface area contributed by atoms with Gasteiger partial charge in [-0.1, -0.05) is 76.6 Å². The standard InChI is InChI=1S/C26H17BrO/c27-20-11-9-16(10-12-20)25-21-8-4-3-7-19(21)14-23-22-13-17-5-1-2-6-18(17)15-24(22)28-26(23)25/h1-14,18H,15H2. The number of hydrogen-bond acceptors (Lipinski definition) is 1. The van der Waals surface area contributed by atoms with Crippen LogP contribution in [-0.4, -0.2) is 0 Å². The largest absolute Gasteiger partial charge is 0.460 e. The summed E-state index contributed by atoms with van der Waals surface area (Å²) in [5, 5.41) is 3.69. The van der Waals surface area contributed by atoms with Gasteiger partial charge in [-0.3, -0.25) is 0 Å². The van der Waals surface area contributed by atoms with E-state index < -0.39 is 0 Å². The van der Waals surface area contributed by atoms with Crippen molar-refractivity contribution in [2.75, 3.05) is 0 Å². The van der Waals surface area contributed by atoms with Crippen molar-refractivity contribution >= 4 is 43.7 Å². The molecule has 2 aliphatic carbocycles. The Hall–Kier alpha value is -2.84. The van der Waals surface area contributed by atoms with Crippen LogP contribution in [0.15, 0.2) is 93.4 Å². The fourth-order valence-electron chi connectivity index (χ4n) is 4.48. The van der Waals surface area contributed by atoms with Crippen molar-refractivity contribution in [3.63, 3.8) is 0 Å². The second-order valence-electron chi connectivity index (χ2n) is 7.49. The van der Waals surface area contributed by atoms with Gasteiger partial charge in [0.2, 0.25) is 0 Å². The van der Waals surface area contributed by atoms with Gasteiger partial charge in [0.05, 0.1) is 0 Å². The molecule has 2 heteroatoms. The first-order valence-electron chi connectivity index (χ1n) is 9.57. The minimum Gasteiger partial charge on any atom is -0.460 e. The zero-order valence-electron chi connectivity index (χ0n) is 15.2. The molecule has 0 spiro atoms. The molecule has 1 heterocycles. The first-order valence-corrected chi connectivity index (χ1v) is 10.4. The van der Waals surface area contributed by atoms with Crippen molar-refractivity contribution in [3.05, 3.63) is 100 Å². The van der Waals surface area contributed by atoms with E-state index in [0.717, 1.165) is 22.2 Å². The highest BCUT2D eigenvalue weighted by Gasteiger charge is 2.26. The molecular formula is C26H17BrO. The summed E-state index contributed by atoms with van der Waals surface area (Å²) < 4.78 is 7.63. The van der Waals surface area contributed by atoms with E-state index >= 15 is 0 Å². The molecule has 0 amide bonds. The fourth-order valence-corrected chi connectivity index (χ4v) is 4.75. The van der Waals surface area contributed by atoms with Crippen LogP contribution in [0.1, 0.15) is 11.3 Å². The average Bonchev–Trinajstić information content (AvgIpc) is 3.08. The first kappa shape index (κ1) is 16.1. The molecule has 0 saturated heterocycles. The predicted octanol–water partition coefficient (Wildman–Crippen LogP) is 7.70. The third-order valence-corrected chi connectivity index (χ3v) is 6.37. The van der Waals surface area contributed by atoms with Crippen LogP contribution in [0.2, 0.25) is 0 Å². The van der Waals surface area contributed by atoms with Crippen LogP contribution in [0.3, 0.4) is 0 Å². The summed E-state index contributed by atoms with van der Waals surface area (Å²) in [5.41, 5.74) is 5.97. The molecule has 134 valence electrons. The Kier molecular flexibility index (Phi) is 3.51. The first-order chi connectivity index (χ1) is 13.8. The fraction of sp³-hybridized carbons (Fsp3) is 0.0769. The van der Waals surface area contributed by atoms with E-state index in [1.54, 1.807) is 0 Å². The van der Waals surface area contributed by atoms with Crippen LogP contribution in [0.4, 0.5) is 0 Å². The molecule has 0 N–H and O–H groups in total. The number of fused-ring (bicyclic) bond motifs is 5. The number of hydrogen-bond donors (Lipinski definition) is 0. The van der Waals surface area contributed by atoms with Gasteiger partial charge in [-0.05, 0) is 46.2 Å². The van der Waals surface area contributed by atoms with Gasteiger partial charge in [0.25, 0.3) is 0 Å². The summed E-state index contributed by atoms with van der Waals surface area (Å²) in [6.45, 7) is 0. The van der Waals surface area contributed by atoms with E-state index in [2.05, 4.69) is 101 Å². The van der Waals surface area contributed by atoms with Gasteiger partial charge in [0.1, 0.15) is 11.3 Å². The van der Waals surface area contributed by atoms with Crippen molar-refractivity contribution in [2.24, 2.45) is 5.92 Å². The highest BCUT2D eigenvalue weighted by Crippen LogP contribution is 2.44. The molecule has 3 aromatic carbocycles. The summed E-state index contributed by atoms with van der Waals surface area (Å²) in [7, 11) is 0.